The minimum Gasteiger partial charge on any atom is -0.337 e. The van der Waals surface area contributed by atoms with Gasteiger partial charge in [-0.3, -0.25) is 4.79 Å². The van der Waals surface area contributed by atoms with Gasteiger partial charge in [0.25, 0.3) is 11.8 Å². The van der Waals surface area contributed by atoms with Gasteiger partial charge in [0.15, 0.2) is 5.82 Å². The van der Waals surface area contributed by atoms with Crippen molar-refractivity contribution in [3.63, 3.8) is 0 Å². The van der Waals surface area contributed by atoms with Crippen LogP contribution in [0.3, 0.4) is 0 Å². The number of benzene rings is 3. The molecule has 7 heteroatoms. The van der Waals surface area contributed by atoms with Crippen LogP contribution in [0.5, 0.6) is 0 Å². The molecule has 0 bridgehead atoms. The molecule has 0 saturated carbocycles. The number of amides is 1. The minimum atomic E-state index is -0.0836. The van der Waals surface area contributed by atoms with E-state index in [2.05, 4.69) is 10.1 Å². The minimum absolute atomic E-state index is 0.0836. The number of carbonyl (C=O) groups excluding carboxylic acids is 1. The zero-order chi connectivity index (χ0) is 23.5. The SMILES string of the molecule is Cc1noc(-c2ccc(C(=O)N(C)Cc3cn(-c4ccccc4)nc3-c3ccccc3)cc2)n1. The lowest BCUT2D eigenvalue weighted by Crippen LogP contribution is -2.26. The van der Waals surface area contributed by atoms with E-state index in [1.54, 1.807) is 31.0 Å². The molecule has 0 spiro atoms. The van der Waals surface area contributed by atoms with Crippen LogP contribution in [0.15, 0.2) is 95.6 Å². The number of carbonyl (C=O) groups is 1. The van der Waals surface area contributed by atoms with Crippen LogP contribution in [-0.2, 0) is 6.54 Å². The average Bonchev–Trinajstić information content (AvgIpc) is 3.51. The van der Waals surface area contributed by atoms with Crippen molar-refractivity contribution in [1.82, 2.24) is 24.8 Å². The number of aromatic nitrogens is 4. The third kappa shape index (κ3) is 4.36. The number of hydrogen-bond donors (Lipinski definition) is 0. The van der Waals surface area contributed by atoms with Gasteiger partial charge in [-0.05, 0) is 43.3 Å². The van der Waals surface area contributed by atoms with E-state index in [1.165, 1.54) is 0 Å². The van der Waals surface area contributed by atoms with Gasteiger partial charge >= 0.3 is 0 Å². The third-order valence-corrected chi connectivity index (χ3v) is 5.52. The van der Waals surface area contributed by atoms with Crippen LogP contribution >= 0.6 is 0 Å². The van der Waals surface area contributed by atoms with Crippen LogP contribution in [0.25, 0.3) is 28.4 Å². The first kappa shape index (κ1) is 21.3. The second-order valence-electron chi connectivity index (χ2n) is 8.03. The Morgan fingerprint density at radius 2 is 1.59 bits per heavy atom. The Kier molecular flexibility index (Phi) is 5.74. The first-order chi connectivity index (χ1) is 16.6. The molecule has 0 radical (unpaired) electrons. The van der Waals surface area contributed by atoms with Gasteiger partial charge < -0.3 is 9.42 Å². The highest BCUT2D eigenvalue weighted by Gasteiger charge is 2.18. The van der Waals surface area contributed by atoms with Crippen LogP contribution in [0.2, 0.25) is 0 Å². The largest absolute Gasteiger partial charge is 0.337 e. The quantitative estimate of drug-likeness (QED) is 0.357. The van der Waals surface area contributed by atoms with Crippen LogP contribution < -0.4 is 0 Å². The van der Waals surface area contributed by atoms with E-state index >= 15 is 0 Å². The molecule has 168 valence electrons. The highest BCUT2D eigenvalue weighted by atomic mass is 16.5. The van der Waals surface area contributed by atoms with E-state index < -0.39 is 0 Å². The van der Waals surface area contributed by atoms with Crippen LogP contribution in [0.1, 0.15) is 21.7 Å². The summed E-state index contributed by atoms with van der Waals surface area (Å²) in [7, 11) is 1.80. The maximum absolute atomic E-state index is 13.2. The van der Waals surface area contributed by atoms with Crippen LogP contribution in [-0.4, -0.2) is 37.8 Å². The number of rotatable bonds is 6. The zero-order valence-electron chi connectivity index (χ0n) is 18.9. The maximum Gasteiger partial charge on any atom is 0.257 e. The Balaban J connectivity index is 1.40. The molecule has 1 amide bonds. The molecule has 0 atom stereocenters. The molecule has 2 heterocycles. The van der Waals surface area contributed by atoms with Gasteiger partial charge in [0.05, 0.1) is 11.4 Å². The van der Waals surface area contributed by atoms with Gasteiger partial charge in [-0.1, -0.05) is 53.7 Å². The molecule has 0 fully saturated rings. The normalized spacial score (nSPS) is 10.9. The first-order valence-corrected chi connectivity index (χ1v) is 10.9. The standard InChI is InChI=1S/C27H23N5O2/c1-19-28-26(34-30-19)21-13-15-22(16-14-21)27(33)31(2)17-23-18-32(24-11-7-4-8-12-24)29-25(23)20-9-5-3-6-10-20/h3-16,18H,17H2,1-2H3. The van der Waals surface area contributed by atoms with Crippen molar-refractivity contribution in [3.8, 4) is 28.4 Å². The highest BCUT2D eigenvalue weighted by molar-refractivity contribution is 5.94. The molecule has 3 aromatic carbocycles. The van der Waals surface area contributed by atoms with Gasteiger partial charge in [-0.2, -0.15) is 10.1 Å². The molecule has 0 aliphatic heterocycles. The molecule has 0 saturated heterocycles. The van der Waals surface area contributed by atoms with Crippen molar-refractivity contribution in [2.45, 2.75) is 13.5 Å². The van der Waals surface area contributed by atoms with Crippen molar-refractivity contribution >= 4 is 5.91 Å². The summed E-state index contributed by atoms with van der Waals surface area (Å²) in [6, 6.07) is 27.1. The Morgan fingerprint density at radius 3 is 2.24 bits per heavy atom. The lowest BCUT2D eigenvalue weighted by molar-refractivity contribution is 0.0785. The lowest BCUT2D eigenvalue weighted by Gasteiger charge is -2.17. The Bertz CT molecular complexity index is 1410. The Morgan fingerprint density at radius 1 is 0.912 bits per heavy atom. The predicted molar refractivity (Wildman–Crippen MR) is 129 cm³/mol. The smallest absolute Gasteiger partial charge is 0.257 e. The number of para-hydroxylation sites is 1. The van der Waals surface area contributed by atoms with Crippen molar-refractivity contribution < 1.29 is 9.32 Å². The summed E-state index contributed by atoms with van der Waals surface area (Å²) in [4.78, 5) is 19.1. The molecule has 0 aliphatic carbocycles. The fraction of sp³-hybridized carbons (Fsp3) is 0.111. The van der Waals surface area contributed by atoms with Crippen molar-refractivity contribution in [2.75, 3.05) is 7.05 Å². The van der Waals surface area contributed by atoms with Gasteiger partial charge in [0.1, 0.15) is 0 Å². The van der Waals surface area contributed by atoms with E-state index in [-0.39, 0.29) is 5.91 Å². The van der Waals surface area contributed by atoms with Crippen molar-refractivity contribution in [3.05, 3.63) is 108 Å². The van der Waals surface area contributed by atoms with Crippen LogP contribution in [0.4, 0.5) is 0 Å². The Hall–Kier alpha value is -4.52. The molecule has 0 aliphatic rings. The molecule has 5 rings (SSSR count). The van der Waals surface area contributed by atoms with E-state index in [0.29, 0.717) is 23.8 Å². The highest BCUT2D eigenvalue weighted by Crippen LogP contribution is 2.25. The molecular weight excluding hydrogens is 426 g/mol. The summed E-state index contributed by atoms with van der Waals surface area (Å²) < 4.78 is 7.06. The second-order valence-corrected chi connectivity index (χ2v) is 8.03. The lowest BCUT2D eigenvalue weighted by atomic mass is 10.1. The summed E-state index contributed by atoms with van der Waals surface area (Å²) >= 11 is 0. The topological polar surface area (TPSA) is 77.0 Å². The van der Waals surface area contributed by atoms with Gasteiger partial charge in [-0.25, -0.2) is 4.68 Å². The van der Waals surface area contributed by atoms with E-state index in [4.69, 9.17) is 9.62 Å². The summed E-state index contributed by atoms with van der Waals surface area (Å²) in [5.41, 5.74) is 5.14. The molecule has 7 nitrogen and oxygen atoms in total. The molecule has 34 heavy (non-hydrogen) atoms. The van der Waals surface area contributed by atoms with Gasteiger partial charge in [-0.15, -0.1) is 0 Å². The summed E-state index contributed by atoms with van der Waals surface area (Å²) in [6.07, 6.45) is 1.99. The number of hydrogen-bond acceptors (Lipinski definition) is 5. The molecule has 5 aromatic rings. The fourth-order valence-electron chi connectivity index (χ4n) is 3.79. The second kappa shape index (κ2) is 9.15. The summed E-state index contributed by atoms with van der Waals surface area (Å²) in [5.74, 6) is 0.922. The number of aryl methyl sites for hydroxylation is 1. The molecular formula is C27H23N5O2. The monoisotopic (exact) mass is 449 g/mol. The van der Waals surface area contributed by atoms with Crippen molar-refractivity contribution in [2.24, 2.45) is 0 Å². The van der Waals surface area contributed by atoms with E-state index in [0.717, 1.165) is 28.1 Å². The van der Waals surface area contributed by atoms with E-state index in [1.807, 2.05) is 83.7 Å². The van der Waals surface area contributed by atoms with Crippen molar-refractivity contribution in [1.29, 1.82) is 0 Å². The van der Waals surface area contributed by atoms with Crippen LogP contribution in [0, 0.1) is 6.92 Å². The fourth-order valence-corrected chi connectivity index (χ4v) is 3.79. The molecule has 0 N–H and O–H groups in total. The number of nitrogens with zero attached hydrogens (tertiary/aromatic N) is 5. The third-order valence-electron chi connectivity index (χ3n) is 5.52. The first-order valence-electron chi connectivity index (χ1n) is 10.9. The van der Waals surface area contributed by atoms with Gasteiger partial charge in [0, 0.05) is 42.0 Å². The van der Waals surface area contributed by atoms with Gasteiger partial charge in [0.2, 0.25) is 0 Å². The Labute approximate surface area is 197 Å². The van der Waals surface area contributed by atoms with E-state index in [9.17, 15) is 4.79 Å². The summed E-state index contributed by atoms with van der Waals surface area (Å²) in [5, 5.41) is 8.65. The predicted octanol–water partition coefficient (Wildman–Crippen LogP) is 5.17. The summed E-state index contributed by atoms with van der Waals surface area (Å²) in [6.45, 7) is 2.18. The molecule has 0 unspecified atom stereocenters. The maximum atomic E-state index is 13.2. The average molecular weight is 450 g/mol. The molecule has 2 aromatic heterocycles. The zero-order valence-corrected chi connectivity index (χ0v) is 18.9.